The predicted octanol–water partition coefficient (Wildman–Crippen LogP) is 7.29. The number of ether oxygens (including phenoxy) is 1. The van der Waals surface area contributed by atoms with E-state index >= 15 is 0 Å². The summed E-state index contributed by atoms with van der Waals surface area (Å²) in [5.41, 5.74) is 4.12. The summed E-state index contributed by atoms with van der Waals surface area (Å²) in [6.45, 7) is 2.83. The first-order valence-corrected chi connectivity index (χ1v) is 15.5. The number of nitrogens with zero attached hydrogens (tertiary/aromatic N) is 2. The fourth-order valence-corrected chi connectivity index (χ4v) is 5.04. The highest BCUT2D eigenvalue weighted by atomic mass is 16.5. The number of esters is 1. The Bertz CT molecular complexity index is 1560. The summed E-state index contributed by atoms with van der Waals surface area (Å²) < 4.78 is 5.10. The molecule has 1 heterocycles. The van der Waals surface area contributed by atoms with Crippen molar-refractivity contribution < 1.29 is 19.1 Å². The van der Waals surface area contributed by atoms with Crippen LogP contribution in [0, 0.1) is 0 Å². The normalized spacial score (nSPS) is 11.4. The van der Waals surface area contributed by atoms with Crippen LogP contribution in [0.2, 0.25) is 0 Å². The summed E-state index contributed by atoms with van der Waals surface area (Å²) in [4.78, 5) is 45.0. The molecule has 4 aromatic rings. The Hall–Kier alpha value is -4.98. The molecular weight excluding hydrogens is 564 g/mol. The SMILES string of the molecule is CCCCCCCNC(=O)N(C)c1cccc(-c2ccc(CC(Nc3ccccc3C(=O)c3ccccc3)C(=O)OC)cc2)n1. The van der Waals surface area contributed by atoms with Gasteiger partial charge in [0.15, 0.2) is 5.78 Å². The van der Waals surface area contributed by atoms with Gasteiger partial charge in [0, 0.05) is 42.4 Å². The molecule has 1 aromatic heterocycles. The van der Waals surface area contributed by atoms with Gasteiger partial charge in [0.1, 0.15) is 11.9 Å². The van der Waals surface area contributed by atoms with E-state index in [4.69, 9.17) is 9.72 Å². The van der Waals surface area contributed by atoms with Crippen LogP contribution >= 0.6 is 0 Å². The molecule has 0 aliphatic heterocycles. The molecule has 0 bridgehead atoms. The van der Waals surface area contributed by atoms with Crippen LogP contribution < -0.4 is 15.5 Å². The quantitative estimate of drug-likeness (QED) is 0.0837. The second-order valence-electron chi connectivity index (χ2n) is 10.9. The molecule has 0 aliphatic carbocycles. The molecule has 0 aliphatic rings. The smallest absolute Gasteiger partial charge is 0.328 e. The average Bonchev–Trinajstić information content (AvgIpc) is 3.09. The molecule has 3 aromatic carbocycles. The van der Waals surface area contributed by atoms with Crippen molar-refractivity contribution in [2.75, 3.05) is 30.9 Å². The topological polar surface area (TPSA) is 101 Å². The molecule has 1 atom stereocenters. The second kappa shape index (κ2) is 16.8. The number of aromatic nitrogens is 1. The largest absolute Gasteiger partial charge is 0.467 e. The minimum Gasteiger partial charge on any atom is -0.467 e. The highest BCUT2D eigenvalue weighted by molar-refractivity contribution is 6.12. The first-order chi connectivity index (χ1) is 21.9. The van der Waals surface area contributed by atoms with Crippen LogP contribution in [0.1, 0.15) is 60.5 Å². The molecule has 45 heavy (non-hydrogen) atoms. The van der Waals surface area contributed by atoms with E-state index in [2.05, 4.69) is 17.6 Å². The number of hydrogen-bond acceptors (Lipinski definition) is 6. The van der Waals surface area contributed by atoms with E-state index in [1.807, 2.05) is 66.7 Å². The minimum atomic E-state index is -0.717. The van der Waals surface area contributed by atoms with Gasteiger partial charge in [-0.25, -0.2) is 14.6 Å². The fourth-order valence-electron chi connectivity index (χ4n) is 5.04. The summed E-state index contributed by atoms with van der Waals surface area (Å²) in [5.74, 6) is -0.0108. The number of hydrogen-bond donors (Lipinski definition) is 2. The number of rotatable bonds is 15. The van der Waals surface area contributed by atoms with E-state index in [0.29, 0.717) is 35.6 Å². The van der Waals surface area contributed by atoms with Crippen LogP contribution in [0.3, 0.4) is 0 Å². The van der Waals surface area contributed by atoms with Gasteiger partial charge < -0.3 is 15.4 Å². The molecule has 1 unspecified atom stereocenters. The molecule has 8 heteroatoms. The van der Waals surface area contributed by atoms with E-state index in [1.54, 1.807) is 37.4 Å². The van der Waals surface area contributed by atoms with Crippen LogP contribution in [0.25, 0.3) is 11.3 Å². The standard InChI is InChI=1S/C37H42N4O4/c1-4-5-6-7-13-25-38-37(44)41(2)34-20-14-19-31(40-34)28-23-21-27(22-24-28)26-33(36(43)45-3)39-32-18-12-11-17-30(32)35(42)29-15-9-8-10-16-29/h8-12,14-24,33,39H,4-7,13,25-26H2,1-3H3,(H,38,44). The molecule has 4 rings (SSSR count). The lowest BCUT2D eigenvalue weighted by atomic mass is 9.99. The summed E-state index contributed by atoms with van der Waals surface area (Å²) in [6, 6.07) is 28.7. The van der Waals surface area contributed by atoms with Gasteiger partial charge in [-0.05, 0) is 36.2 Å². The molecule has 0 saturated heterocycles. The maximum atomic E-state index is 13.2. The van der Waals surface area contributed by atoms with Crippen LogP contribution in [0.4, 0.5) is 16.3 Å². The lowest BCUT2D eigenvalue weighted by Gasteiger charge is -2.20. The Morgan fingerprint density at radius 3 is 2.27 bits per heavy atom. The maximum absolute atomic E-state index is 13.2. The maximum Gasteiger partial charge on any atom is 0.328 e. The van der Waals surface area contributed by atoms with Gasteiger partial charge in [-0.2, -0.15) is 0 Å². The number of ketones is 1. The third-order valence-corrected chi connectivity index (χ3v) is 7.65. The van der Waals surface area contributed by atoms with Crippen LogP contribution in [0.5, 0.6) is 0 Å². The van der Waals surface area contributed by atoms with Gasteiger partial charge in [-0.3, -0.25) is 9.69 Å². The van der Waals surface area contributed by atoms with Crippen molar-refractivity contribution >= 4 is 29.3 Å². The number of methoxy groups -OCH3 is 1. The molecule has 8 nitrogen and oxygen atoms in total. The van der Waals surface area contributed by atoms with E-state index in [0.717, 1.165) is 29.7 Å². The van der Waals surface area contributed by atoms with E-state index in [-0.39, 0.29) is 11.8 Å². The molecule has 0 radical (unpaired) electrons. The Morgan fingerprint density at radius 1 is 0.822 bits per heavy atom. The summed E-state index contributed by atoms with van der Waals surface area (Å²) >= 11 is 0. The molecule has 2 N–H and O–H groups in total. The number of unbranched alkanes of at least 4 members (excludes halogenated alkanes) is 4. The van der Waals surface area contributed by atoms with Gasteiger partial charge in [0.25, 0.3) is 0 Å². The van der Waals surface area contributed by atoms with Crippen molar-refractivity contribution in [2.45, 2.75) is 51.5 Å². The molecule has 2 amide bonds. The molecule has 0 fully saturated rings. The molecule has 234 valence electrons. The number of carbonyl (C=O) groups is 3. The van der Waals surface area contributed by atoms with Crippen molar-refractivity contribution in [1.82, 2.24) is 10.3 Å². The summed E-state index contributed by atoms with van der Waals surface area (Å²) in [6.07, 6.45) is 6.02. The predicted molar refractivity (Wildman–Crippen MR) is 180 cm³/mol. The highest BCUT2D eigenvalue weighted by Crippen LogP contribution is 2.24. The monoisotopic (exact) mass is 606 g/mol. The van der Waals surface area contributed by atoms with Crippen LogP contribution in [-0.4, -0.2) is 49.5 Å². The fraction of sp³-hybridized carbons (Fsp3) is 0.297. The van der Waals surface area contributed by atoms with Gasteiger partial charge in [0.2, 0.25) is 0 Å². The second-order valence-corrected chi connectivity index (χ2v) is 10.9. The van der Waals surface area contributed by atoms with Crippen LogP contribution in [0.15, 0.2) is 97.1 Å². The number of para-hydroxylation sites is 1. The lowest BCUT2D eigenvalue weighted by Crippen LogP contribution is -2.38. The zero-order chi connectivity index (χ0) is 32.0. The van der Waals surface area contributed by atoms with Gasteiger partial charge in [0.05, 0.1) is 12.8 Å². The van der Waals surface area contributed by atoms with E-state index < -0.39 is 12.0 Å². The Kier molecular flexibility index (Phi) is 12.3. The zero-order valence-electron chi connectivity index (χ0n) is 26.3. The Labute approximate surface area is 265 Å². The number of amides is 2. The number of benzene rings is 3. The van der Waals surface area contributed by atoms with Crippen LogP contribution in [-0.2, 0) is 16.0 Å². The van der Waals surface area contributed by atoms with Gasteiger partial charge in [-0.15, -0.1) is 0 Å². The average molecular weight is 607 g/mol. The Balaban J connectivity index is 1.43. The molecule has 0 spiro atoms. The van der Waals surface area contributed by atoms with Gasteiger partial charge >= 0.3 is 12.0 Å². The summed E-state index contributed by atoms with van der Waals surface area (Å²) in [5, 5.41) is 6.23. The minimum absolute atomic E-state index is 0.132. The van der Waals surface area contributed by atoms with E-state index in [9.17, 15) is 14.4 Å². The van der Waals surface area contributed by atoms with Crippen molar-refractivity contribution in [3.05, 3.63) is 114 Å². The third-order valence-electron chi connectivity index (χ3n) is 7.65. The third kappa shape index (κ3) is 9.25. The number of nitrogens with one attached hydrogen (secondary N) is 2. The number of carbonyl (C=O) groups excluding carboxylic acids is 3. The van der Waals surface area contributed by atoms with Crippen molar-refractivity contribution in [3.63, 3.8) is 0 Å². The number of pyridine rings is 1. The first-order valence-electron chi connectivity index (χ1n) is 15.5. The molecule has 0 saturated carbocycles. The molecular formula is C37H42N4O4. The van der Waals surface area contributed by atoms with Crippen molar-refractivity contribution in [3.8, 4) is 11.3 Å². The zero-order valence-corrected chi connectivity index (χ0v) is 26.3. The summed E-state index contributed by atoms with van der Waals surface area (Å²) in [7, 11) is 3.07. The van der Waals surface area contributed by atoms with Gasteiger partial charge in [-0.1, -0.05) is 105 Å². The van der Waals surface area contributed by atoms with E-state index in [1.165, 1.54) is 31.3 Å². The lowest BCUT2D eigenvalue weighted by molar-refractivity contribution is -0.141. The Morgan fingerprint density at radius 2 is 1.53 bits per heavy atom. The van der Waals surface area contributed by atoms with Crippen molar-refractivity contribution in [2.24, 2.45) is 0 Å². The number of urea groups is 1. The first kappa shape index (κ1) is 32.9. The number of anilines is 2. The van der Waals surface area contributed by atoms with Crippen molar-refractivity contribution in [1.29, 1.82) is 0 Å². The highest BCUT2D eigenvalue weighted by Gasteiger charge is 2.23.